The Hall–Kier alpha value is -1.59. The molecule has 3 nitrogen and oxygen atoms in total. The van der Waals surface area contributed by atoms with Crippen LogP contribution in [-0.2, 0) is 6.61 Å². The monoisotopic (exact) mass is 299 g/mol. The van der Waals surface area contributed by atoms with E-state index in [0.29, 0.717) is 21.4 Å². The summed E-state index contributed by atoms with van der Waals surface area (Å²) in [6.07, 6.45) is 0. The number of thiophene rings is 1. The number of rotatable bonds is 4. The van der Waals surface area contributed by atoms with Gasteiger partial charge >= 0.3 is 0 Å². The van der Waals surface area contributed by atoms with Crippen LogP contribution in [-0.4, -0.2) is 10.9 Å². The predicted molar refractivity (Wildman–Crippen MR) is 74.1 cm³/mol. The Morgan fingerprint density at radius 3 is 2.84 bits per heavy atom. The van der Waals surface area contributed by atoms with Gasteiger partial charge in [0, 0.05) is 16.5 Å². The number of halogens is 2. The molecule has 0 aliphatic rings. The highest BCUT2D eigenvalue weighted by atomic mass is 35.5. The highest BCUT2D eigenvalue weighted by Gasteiger charge is 2.10. The second-order valence-electron chi connectivity index (χ2n) is 3.82. The third kappa shape index (κ3) is 3.45. The maximum absolute atomic E-state index is 13.2. The molecule has 19 heavy (non-hydrogen) atoms. The van der Waals surface area contributed by atoms with Crippen molar-refractivity contribution in [3.8, 4) is 5.75 Å². The first-order chi connectivity index (χ1) is 9.10. The normalized spacial score (nSPS) is 11.6. The number of hydrogen-bond acceptors (Lipinski definition) is 4. The lowest BCUT2D eigenvalue weighted by molar-refractivity contribution is 0.305. The Labute approximate surface area is 118 Å². The van der Waals surface area contributed by atoms with Gasteiger partial charge in [0.1, 0.15) is 18.2 Å². The molecule has 0 aliphatic carbocycles. The maximum Gasteiger partial charge on any atom is 0.131 e. The van der Waals surface area contributed by atoms with Crippen LogP contribution in [0.25, 0.3) is 0 Å². The summed E-state index contributed by atoms with van der Waals surface area (Å²) in [6.45, 7) is 1.90. The highest BCUT2D eigenvalue weighted by molar-refractivity contribution is 7.16. The van der Waals surface area contributed by atoms with Crippen LogP contribution < -0.4 is 4.74 Å². The van der Waals surface area contributed by atoms with Gasteiger partial charge in [-0.3, -0.25) is 0 Å². The number of nitrogens with zero attached hydrogens (tertiary/aromatic N) is 1. The van der Waals surface area contributed by atoms with E-state index in [1.807, 2.05) is 6.07 Å². The first-order valence-electron chi connectivity index (χ1n) is 5.45. The molecule has 0 amide bonds. The summed E-state index contributed by atoms with van der Waals surface area (Å²) in [7, 11) is 0. The molecule has 1 aromatic carbocycles. The Balaban J connectivity index is 2.21. The summed E-state index contributed by atoms with van der Waals surface area (Å²) < 4.78 is 19.5. The van der Waals surface area contributed by atoms with Gasteiger partial charge in [0.15, 0.2) is 0 Å². The maximum atomic E-state index is 13.2. The fraction of sp³-hybridized carbons (Fsp3) is 0.154. The van der Waals surface area contributed by atoms with Crippen LogP contribution in [0.1, 0.15) is 17.4 Å². The van der Waals surface area contributed by atoms with E-state index in [1.165, 1.54) is 29.5 Å². The molecule has 2 rings (SSSR count). The molecule has 100 valence electrons. The summed E-state index contributed by atoms with van der Waals surface area (Å²) in [6, 6.07) is 7.69. The van der Waals surface area contributed by atoms with Crippen molar-refractivity contribution in [2.45, 2.75) is 13.5 Å². The van der Waals surface area contributed by atoms with E-state index in [2.05, 4.69) is 5.16 Å². The van der Waals surface area contributed by atoms with Gasteiger partial charge in [-0.2, -0.15) is 0 Å². The van der Waals surface area contributed by atoms with Crippen molar-refractivity contribution in [3.05, 3.63) is 50.9 Å². The Kier molecular flexibility index (Phi) is 4.39. The van der Waals surface area contributed by atoms with Crippen molar-refractivity contribution in [1.82, 2.24) is 0 Å². The predicted octanol–water partition coefficient (Wildman–Crippen LogP) is 4.32. The van der Waals surface area contributed by atoms with Crippen molar-refractivity contribution in [2.24, 2.45) is 5.16 Å². The van der Waals surface area contributed by atoms with E-state index in [0.717, 1.165) is 4.88 Å². The van der Waals surface area contributed by atoms with E-state index >= 15 is 0 Å². The summed E-state index contributed by atoms with van der Waals surface area (Å²) in [5.41, 5.74) is 0.908. The molecule has 0 unspecified atom stereocenters. The smallest absolute Gasteiger partial charge is 0.131 e. The summed E-state index contributed by atoms with van der Waals surface area (Å²) in [4.78, 5) is 0.929. The number of benzene rings is 1. The van der Waals surface area contributed by atoms with E-state index < -0.39 is 5.82 Å². The van der Waals surface area contributed by atoms with Crippen LogP contribution in [0, 0.1) is 5.82 Å². The van der Waals surface area contributed by atoms with Gasteiger partial charge in [-0.25, -0.2) is 4.39 Å². The van der Waals surface area contributed by atoms with Crippen molar-refractivity contribution >= 4 is 28.6 Å². The van der Waals surface area contributed by atoms with Gasteiger partial charge in [0.25, 0.3) is 0 Å². The number of ether oxygens (including phenoxy) is 1. The fourth-order valence-electron chi connectivity index (χ4n) is 1.55. The molecule has 0 saturated carbocycles. The highest BCUT2D eigenvalue weighted by Crippen LogP contribution is 2.25. The molecule has 0 spiro atoms. The number of oxime groups is 1. The molecule has 0 aliphatic heterocycles. The lowest BCUT2D eigenvalue weighted by Gasteiger charge is -2.10. The second-order valence-corrected chi connectivity index (χ2v) is 5.62. The summed E-state index contributed by atoms with van der Waals surface area (Å²) in [5.74, 6) is -0.0754. The van der Waals surface area contributed by atoms with E-state index in [9.17, 15) is 4.39 Å². The van der Waals surface area contributed by atoms with Gasteiger partial charge in [-0.05, 0) is 31.2 Å². The Morgan fingerprint density at radius 2 is 2.21 bits per heavy atom. The van der Waals surface area contributed by atoms with Gasteiger partial charge in [-0.15, -0.1) is 11.3 Å². The van der Waals surface area contributed by atoms with Gasteiger partial charge < -0.3 is 9.94 Å². The molecule has 0 saturated heterocycles. The van der Waals surface area contributed by atoms with E-state index in [-0.39, 0.29) is 6.61 Å². The van der Waals surface area contributed by atoms with Gasteiger partial charge in [0.2, 0.25) is 0 Å². The van der Waals surface area contributed by atoms with Crippen molar-refractivity contribution in [3.63, 3.8) is 0 Å². The molecule has 1 aromatic heterocycles. The zero-order valence-electron chi connectivity index (χ0n) is 10.1. The zero-order valence-corrected chi connectivity index (χ0v) is 11.6. The standard InChI is InChI=1S/C13H11ClFNO2S/c1-8(16-17)11-4-2-9(15)6-12(11)18-7-10-3-5-13(14)19-10/h2-6,17H,7H2,1H3. The lowest BCUT2D eigenvalue weighted by Crippen LogP contribution is -2.02. The fourth-order valence-corrected chi connectivity index (χ4v) is 2.55. The van der Waals surface area contributed by atoms with E-state index in [4.69, 9.17) is 21.5 Å². The molecule has 1 heterocycles. The Morgan fingerprint density at radius 1 is 1.42 bits per heavy atom. The van der Waals surface area contributed by atoms with Gasteiger partial charge in [0.05, 0.1) is 10.0 Å². The topological polar surface area (TPSA) is 41.8 Å². The van der Waals surface area contributed by atoms with Crippen molar-refractivity contribution < 1.29 is 14.3 Å². The quantitative estimate of drug-likeness (QED) is 0.519. The molecule has 0 fully saturated rings. The first-order valence-corrected chi connectivity index (χ1v) is 6.65. The van der Waals surface area contributed by atoms with E-state index in [1.54, 1.807) is 13.0 Å². The minimum absolute atomic E-state index is 0.284. The largest absolute Gasteiger partial charge is 0.487 e. The summed E-state index contributed by atoms with van der Waals surface area (Å²) in [5, 5.41) is 11.9. The van der Waals surface area contributed by atoms with Crippen LogP contribution in [0.3, 0.4) is 0 Å². The van der Waals surface area contributed by atoms with Crippen molar-refractivity contribution in [2.75, 3.05) is 0 Å². The average Bonchev–Trinajstić information content (AvgIpc) is 2.81. The Bertz CT molecular complexity index is 612. The minimum atomic E-state index is -0.409. The molecule has 0 radical (unpaired) electrons. The third-order valence-corrected chi connectivity index (χ3v) is 3.69. The van der Waals surface area contributed by atoms with Crippen LogP contribution in [0.2, 0.25) is 4.34 Å². The molecule has 6 heteroatoms. The SMILES string of the molecule is CC(=NO)c1ccc(F)cc1OCc1ccc(Cl)s1. The van der Waals surface area contributed by atoms with Crippen LogP contribution in [0.4, 0.5) is 4.39 Å². The minimum Gasteiger partial charge on any atom is -0.487 e. The van der Waals surface area contributed by atoms with Crippen molar-refractivity contribution in [1.29, 1.82) is 0 Å². The van der Waals surface area contributed by atoms with Crippen LogP contribution in [0.5, 0.6) is 5.75 Å². The van der Waals surface area contributed by atoms with Crippen LogP contribution >= 0.6 is 22.9 Å². The molecule has 0 bridgehead atoms. The lowest BCUT2D eigenvalue weighted by atomic mass is 10.1. The zero-order chi connectivity index (χ0) is 13.8. The molecule has 2 aromatic rings. The molecular formula is C13H11ClFNO2S. The molecule has 1 N–H and O–H groups in total. The van der Waals surface area contributed by atoms with Crippen LogP contribution in [0.15, 0.2) is 35.5 Å². The second kappa shape index (κ2) is 6.04. The molecular weight excluding hydrogens is 289 g/mol. The molecule has 0 atom stereocenters. The first kappa shape index (κ1) is 13.8. The third-order valence-electron chi connectivity index (χ3n) is 2.48. The van der Waals surface area contributed by atoms with Gasteiger partial charge in [-0.1, -0.05) is 16.8 Å². The summed E-state index contributed by atoms with van der Waals surface area (Å²) >= 11 is 7.22. The average molecular weight is 300 g/mol. The number of hydrogen-bond donors (Lipinski definition) is 1.